The summed E-state index contributed by atoms with van der Waals surface area (Å²) in [6, 6.07) is 18.8. The first-order chi connectivity index (χ1) is 17.0. The number of methoxy groups -OCH3 is 2. The number of hydrogen-bond donors (Lipinski definition) is 5. The van der Waals surface area contributed by atoms with Crippen LogP contribution >= 0.6 is 0 Å². The monoisotopic (exact) mass is 477 g/mol. The second-order valence-electron chi connectivity index (χ2n) is 7.64. The van der Waals surface area contributed by atoms with E-state index in [2.05, 4.69) is 16.2 Å². The van der Waals surface area contributed by atoms with Crippen LogP contribution in [0.1, 0.15) is 30.5 Å². The molecule has 0 aliphatic rings. The van der Waals surface area contributed by atoms with Gasteiger partial charge >= 0.3 is 0 Å². The molecule has 9 heteroatoms. The fourth-order valence-electron chi connectivity index (χ4n) is 3.36. The summed E-state index contributed by atoms with van der Waals surface area (Å²) >= 11 is 0. The largest absolute Gasteiger partial charge is 0.493 e. The summed E-state index contributed by atoms with van der Waals surface area (Å²) in [6.07, 6.45) is 0.792. The van der Waals surface area contributed by atoms with Crippen LogP contribution in [0.2, 0.25) is 0 Å². The van der Waals surface area contributed by atoms with Crippen molar-refractivity contribution in [2.45, 2.75) is 19.4 Å². The molecule has 1 unspecified atom stereocenters. The Balaban J connectivity index is 2.00. The van der Waals surface area contributed by atoms with E-state index in [9.17, 15) is 4.79 Å². The van der Waals surface area contributed by atoms with Crippen LogP contribution in [-0.4, -0.2) is 32.6 Å². The molecule has 0 fully saturated rings. The van der Waals surface area contributed by atoms with Gasteiger partial charge in [-0.3, -0.25) is 21.1 Å². The average molecular weight is 478 g/mol. The van der Waals surface area contributed by atoms with Crippen molar-refractivity contribution >= 4 is 23.1 Å². The number of anilines is 2. The van der Waals surface area contributed by atoms with Gasteiger partial charge < -0.3 is 25.3 Å². The minimum atomic E-state index is -0.860. The first-order valence-corrected chi connectivity index (χ1v) is 11.2. The molecule has 184 valence electrons. The maximum Gasteiger partial charge on any atom is 0.265 e. The van der Waals surface area contributed by atoms with Gasteiger partial charge in [-0.2, -0.15) is 0 Å². The minimum absolute atomic E-state index is 0.0342. The zero-order chi connectivity index (χ0) is 25.2. The van der Waals surface area contributed by atoms with Gasteiger partial charge in [0, 0.05) is 22.9 Å². The Hall–Kier alpha value is -4.40. The van der Waals surface area contributed by atoms with Crippen LogP contribution in [0.15, 0.2) is 66.7 Å². The number of amides is 1. The molecule has 35 heavy (non-hydrogen) atoms. The molecule has 0 aromatic heterocycles. The molecule has 9 nitrogen and oxygen atoms in total. The van der Waals surface area contributed by atoms with Crippen LogP contribution in [0.5, 0.6) is 17.2 Å². The highest BCUT2D eigenvalue weighted by molar-refractivity contribution is 5.95. The molecular formula is C26H31N5O4. The Morgan fingerprint density at radius 1 is 0.943 bits per heavy atom. The molecule has 6 N–H and O–H groups in total. The average Bonchev–Trinajstić information content (AvgIpc) is 2.89. The van der Waals surface area contributed by atoms with Crippen molar-refractivity contribution in [1.82, 2.24) is 5.43 Å². The van der Waals surface area contributed by atoms with Crippen LogP contribution in [0, 0.1) is 5.41 Å². The van der Waals surface area contributed by atoms with Gasteiger partial charge in [0.05, 0.1) is 26.5 Å². The third kappa shape index (κ3) is 6.57. The third-order valence-corrected chi connectivity index (χ3v) is 5.16. The highest BCUT2D eigenvalue weighted by Gasteiger charge is 2.27. The van der Waals surface area contributed by atoms with Crippen LogP contribution in [0.25, 0.3) is 0 Å². The lowest BCUT2D eigenvalue weighted by molar-refractivity contribution is -0.121. The Morgan fingerprint density at radius 3 is 2.20 bits per heavy atom. The second kappa shape index (κ2) is 12.2. The Kier molecular flexibility index (Phi) is 8.77. The smallest absolute Gasteiger partial charge is 0.265 e. The first kappa shape index (κ1) is 25.2. The topological polar surface area (TPSA) is 131 Å². The van der Waals surface area contributed by atoms with Gasteiger partial charge in [0.2, 0.25) is 0 Å². The molecule has 3 aromatic carbocycles. The summed E-state index contributed by atoms with van der Waals surface area (Å²) in [5.74, 6) is 1.08. The predicted molar refractivity (Wildman–Crippen MR) is 137 cm³/mol. The lowest BCUT2D eigenvalue weighted by Crippen LogP contribution is -2.37. The number of ether oxygens (including phenoxy) is 3. The lowest BCUT2D eigenvalue weighted by Gasteiger charge is -2.24. The fraction of sp³-hybridized carbons (Fsp3) is 0.231. The lowest BCUT2D eigenvalue weighted by atomic mass is 10.0. The molecule has 1 atom stereocenters. The van der Waals surface area contributed by atoms with Crippen LogP contribution in [-0.2, 0) is 4.79 Å². The van der Waals surface area contributed by atoms with E-state index in [-0.39, 0.29) is 11.7 Å². The standard InChI is InChI=1S/C26H31N5O4/c1-4-14-35-21-16-23(34-3)22(33-2)15-20(21)24(26(32)31-30-19-8-6-5-7-9-19)29-18-12-10-17(11-13-18)25(27)28/h5-13,15-16,24,29-30H,4,14H2,1-3H3,(H3,27,28)(H,31,32). The number of hydrazine groups is 1. The quantitative estimate of drug-likeness (QED) is 0.151. The molecule has 0 radical (unpaired) electrons. The SMILES string of the molecule is CCCOc1cc(OC)c(OC)cc1C(Nc1ccc(C(=N)N)cc1)C(=O)NNc1ccccc1. The number of hydrogen-bond acceptors (Lipinski definition) is 7. The molecule has 0 spiro atoms. The van der Waals surface area contributed by atoms with E-state index < -0.39 is 6.04 Å². The molecule has 0 saturated carbocycles. The van der Waals surface area contributed by atoms with E-state index in [4.69, 9.17) is 25.4 Å². The number of carbonyl (C=O) groups excluding carboxylic acids is 1. The minimum Gasteiger partial charge on any atom is -0.493 e. The maximum absolute atomic E-state index is 13.5. The van der Waals surface area contributed by atoms with E-state index in [1.165, 1.54) is 7.11 Å². The Morgan fingerprint density at radius 2 is 1.60 bits per heavy atom. The second-order valence-corrected chi connectivity index (χ2v) is 7.64. The zero-order valence-corrected chi connectivity index (χ0v) is 20.1. The summed E-state index contributed by atoms with van der Waals surface area (Å²) in [7, 11) is 3.08. The van der Waals surface area contributed by atoms with E-state index >= 15 is 0 Å². The normalized spacial score (nSPS) is 11.2. The summed E-state index contributed by atoms with van der Waals surface area (Å²) in [4.78, 5) is 13.5. The van der Waals surface area contributed by atoms with E-state index in [0.29, 0.717) is 40.7 Å². The van der Waals surface area contributed by atoms with Crippen molar-refractivity contribution in [2.75, 3.05) is 31.6 Å². The van der Waals surface area contributed by atoms with Gasteiger partial charge in [-0.15, -0.1) is 0 Å². The molecule has 0 saturated heterocycles. The predicted octanol–water partition coefficient (Wildman–Crippen LogP) is 4.07. The molecule has 1 amide bonds. The number of benzene rings is 3. The summed E-state index contributed by atoms with van der Waals surface area (Å²) in [5.41, 5.74) is 13.8. The molecular weight excluding hydrogens is 446 g/mol. The zero-order valence-electron chi connectivity index (χ0n) is 20.1. The van der Waals surface area contributed by atoms with Crippen molar-refractivity contribution in [3.63, 3.8) is 0 Å². The Labute approximate surface area is 205 Å². The number of rotatable bonds is 12. The number of carbonyl (C=O) groups is 1. The number of nitrogens with one attached hydrogen (secondary N) is 4. The van der Waals surface area contributed by atoms with Gasteiger partial charge in [-0.1, -0.05) is 25.1 Å². The van der Waals surface area contributed by atoms with Crippen molar-refractivity contribution in [2.24, 2.45) is 5.73 Å². The highest BCUT2D eigenvalue weighted by Crippen LogP contribution is 2.39. The molecule has 0 aliphatic carbocycles. The van der Waals surface area contributed by atoms with Crippen molar-refractivity contribution in [3.8, 4) is 17.2 Å². The molecule has 0 bridgehead atoms. The van der Waals surface area contributed by atoms with Crippen LogP contribution < -0.4 is 36.1 Å². The highest BCUT2D eigenvalue weighted by atomic mass is 16.5. The summed E-state index contributed by atoms with van der Waals surface area (Å²) in [5, 5.41) is 10.9. The molecule has 0 heterocycles. The number of nitrogen functional groups attached to an aromatic ring is 1. The van der Waals surface area contributed by atoms with Gasteiger partial charge in [-0.25, -0.2) is 0 Å². The number of amidine groups is 1. The molecule has 3 rings (SSSR count). The van der Waals surface area contributed by atoms with Gasteiger partial charge in [-0.05, 0) is 48.9 Å². The first-order valence-electron chi connectivity index (χ1n) is 11.2. The molecule has 3 aromatic rings. The molecule has 0 aliphatic heterocycles. The van der Waals surface area contributed by atoms with E-state index in [0.717, 1.165) is 12.1 Å². The van der Waals surface area contributed by atoms with E-state index in [1.54, 1.807) is 43.5 Å². The van der Waals surface area contributed by atoms with Crippen LogP contribution in [0.3, 0.4) is 0 Å². The maximum atomic E-state index is 13.5. The van der Waals surface area contributed by atoms with Crippen molar-refractivity contribution in [3.05, 3.63) is 77.9 Å². The Bertz CT molecular complexity index is 1140. The number of para-hydroxylation sites is 1. The summed E-state index contributed by atoms with van der Waals surface area (Å²) in [6.45, 7) is 2.47. The van der Waals surface area contributed by atoms with Crippen molar-refractivity contribution < 1.29 is 19.0 Å². The van der Waals surface area contributed by atoms with Crippen molar-refractivity contribution in [1.29, 1.82) is 5.41 Å². The summed E-state index contributed by atoms with van der Waals surface area (Å²) < 4.78 is 16.9. The fourth-order valence-corrected chi connectivity index (χ4v) is 3.36. The van der Waals surface area contributed by atoms with Gasteiger partial charge in [0.25, 0.3) is 5.91 Å². The van der Waals surface area contributed by atoms with Crippen LogP contribution in [0.4, 0.5) is 11.4 Å². The van der Waals surface area contributed by atoms with Gasteiger partial charge in [0.1, 0.15) is 17.6 Å². The van der Waals surface area contributed by atoms with Gasteiger partial charge in [0.15, 0.2) is 11.5 Å². The number of nitrogens with two attached hydrogens (primary N) is 1. The third-order valence-electron chi connectivity index (χ3n) is 5.16. The van der Waals surface area contributed by atoms with E-state index in [1.807, 2.05) is 37.3 Å².